The summed E-state index contributed by atoms with van der Waals surface area (Å²) in [4.78, 5) is 12.1. The zero-order valence-electron chi connectivity index (χ0n) is 14.3. The van der Waals surface area contributed by atoms with Gasteiger partial charge in [-0.2, -0.15) is 5.10 Å². The summed E-state index contributed by atoms with van der Waals surface area (Å²) in [7, 11) is -3.68. The first kappa shape index (κ1) is 19.0. The fourth-order valence-corrected chi connectivity index (χ4v) is 3.40. The number of carbonyl (C=O) groups excluding carboxylic acids is 1. The molecule has 0 aliphatic carbocycles. The van der Waals surface area contributed by atoms with Crippen LogP contribution in [0.4, 0.5) is 5.69 Å². The molecule has 0 atom stereocenters. The number of nitrogens with one attached hydrogen (secondary N) is 1. The van der Waals surface area contributed by atoms with E-state index in [1.165, 1.54) is 12.3 Å². The van der Waals surface area contributed by atoms with Crippen LogP contribution in [0.1, 0.15) is 5.56 Å². The first-order chi connectivity index (χ1) is 12.8. The van der Waals surface area contributed by atoms with Crippen molar-refractivity contribution in [3.63, 3.8) is 0 Å². The van der Waals surface area contributed by atoms with E-state index in [1.807, 2.05) is 0 Å². The molecule has 10 heteroatoms. The second kappa shape index (κ2) is 7.85. The van der Waals surface area contributed by atoms with Gasteiger partial charge in [0.2, 0.25) is 16.8 Å². The van der Waals surface area contributed by atoms with Crippen molar-refractivity contribution in [2.75, 3.05) is 23.9 Å². The van der Waals surface area contributed by atoms with Gasteiger partial charge in [-0.1, -0.05) is 17.7 Å². The monoisotopic (exact) mass is 409 g/mol. The second-order valence-electron chi connectivity index (χ2n) is 5.66. The predicted molar refractivity (Wildman–Crippen MR) is 102 cm³/mol. The Balaban J connectivity index is 1.66. The molecule has 27 heavy (non-hydrogen) atoms. The second-order valence-corrected chi connectivity index (χ2v) is 8.00. The number of benzene rings is 2. The molecule has 1 amide bonds. The van der Waals surface area contributed by atoms with Gasteiger partial charge in [-0.25, -0.2) is 13.8 Å². The summed E-state index contributed by atoms with van der Waals surface area (Å²) in [6.45, 7) is -0.269. The zero-order valence-corrected chi connectivity index (χ0v) is 15.8. The number of rotatable bonds is 6. The Morgan fingerprint density at radius 3 is 2.78 bits per heavy atom. The van der Waals surface area contributed by atoms with Crippen LogP contribution in [0, 0.1) is 0 Å². The Bertz CT molecular complexity index is 994. The topological polar surface area (TPSA) is 97.3 Å². The highest BCUT2D eigenvalue weighted by Gasteiger charge is 2.21. The molecule has 2 aromatic carbocycles. The molecule has 2 aromatic rings. The van der Waals surface area contributed by atoms with E-state index in [2.05, 4.69) is 10.5 Å². The third-order valence-corrected chi connectivity index (χ3v) is 4.96. The van der Waals surface area contributed by atoms with E-state index in [0.29, 0.717) is 27.8 Å². The summed E-state index contributed by atoms with van der Waals surface area (Å²) in [5, 5.41) is 4.21. The number of hydrazone groups is 1. The van der Waals surface area contributed by atoms with Crippen LogP contribution < -0.4 is 19.2 Å². The lowest BCUT2D eigenvalue weighted by Crippen LogP contribution is -2.39. The minimum Gasteiger partial charge on any atom is -0.454 e. The Morgan fingerprint density at radius 1 is 1.26 bits per heavy atom. The van der Waals surface area contributed by atoms with Crippen LogP contribution in [-0.4, -0.2) is 40.1 Å². The molecule has 0 spiro atoms. The Hall–Kier alpha value is -2.78. The van der Waals surface area contributed by atoms with Crippen LogP contribution in [0.2, 0.25) is 5.02 Å². The van der Waals surface area contributed by atoms with Crippen molar-refractivity contribution in [2.24, 2.45) is 5.10 Å². The molecule has 1 N–H and O–H groups in total. The van der Waals surface area contributed by atoms with Crippen molar-refractivity contribution in [1.82, 2.24) is 5.43 Å². The van der Waals surface area contributed by atoms with E-state index >= 15 is 0 Å². The minimum atomic E-state index is -3.68. The van der Waals surface area contributed by atoms with Gasteiger partial charge in [0.05, 0.1) is 18.2 Å². The van der Waals surface area contributed by atoms with E-state index in [9.17, 15) is 13.2 Å². The summed E-state index contributed by atoms with van der Waals surface area (Å²) in [6.07, 6.45) is 2.43. The molecule has 1 aliphatic heterocycles. The van der Waals surface area contributed by atoms with Crippen LogP contribution >= 0.6 is 11.6 Å². The number of halogens is 1. The molecule has 0 saturated heterocycles. The SMILES string of the molecule is CS(=O)(=O)N(CC(=O)N/N=C\c1ccc2c(c1)OCO2)c1cccc(Cl)c1. The summed E-state index contributed by atoms with van der Waals surface area (Å²) < 4.78 is 35.5. The van der Waals surface area contributed by atoms with Gasteiger partial charge in [0, 0.05) is 5.02 Å². The molecule has 1 heterocycles. The third-order valence-electron chi connectivity index (χ3n) is 3.58. The quantitative estimate of drug-likeness (QED) is 0.581. The van der Waals surface area contributed by atoms with Crippen molar-refractivity contribution < 1.29 is 22.7 Å². The number of anilines is 1. The van der Waals surface area contributed by atoms with Gasteiger partial charge in [0.1, 0.15) is 6.54 Å². The average Bonchev–Trinajstić information content (AvgIpc) is 3.06. The molecule has 1 aliphatic rings. The maximum atomic E-state index is 12.1. The van der Waals surface area contributed by atoms with Crippen LogP contribution in [0.15, 0.2) is 47.6 Å². The third kappa shape index (κ3) is 4.89. The van der Waals surface area contributed by atoms with Crippen molar-refractivity contribution in [3.05, 3.63) is 53.1 Å². The average molecular weight is 410 g/mol. The summed E-state index contributed by atoms with van der Waals surface area (Å²) in [5.41, 5.74) is 3.29. The Morgan fingerprint density at radius 2 is 2.04 bits per heavy atom. The zero-order chi connectivity index (χ0) is 19.4. The van der Waals surface area contributed by atoms with Crippen molar-refractivity contribution in [3.8, 4) is 11.5 Å². The maximum absolute atomic E-state index is 12.1. The van der Waals surface area contributed by atoms with Gasteiger partial charge in [-0.15, -0.1) is 0 Å². The Labute approximate surface area is 161 Å². The number of ether oxygens (including phenoxy) is 2. The molecule has 0 unspecified atom stereocenters. The molecular weight excluding hydrogens is 394 g/mol. The van der Waals surface area contributed by atoms with E-state index in [0.717, 1.165) is 10.6 Å². The number of hydrogen-bond acceptors (Lipinski definition) is 6. The fourth-order valence-electron chi connectivity index (χ4n) is 2.37. The number of nitrogens with zero attached hydrogens (tertiary/aromatic N) is 2. The first-order valence-electron chi connectivity index (χ1n) is 7.78. The number of amides is 1. The number of hydrogen-bond donors (Lipinski definition) is 1. The first-order valence-corrected chi connectivity index (χ1v) is 10.0. The number of fused-ring (bicyclic) bond motifs is 1. The molecule has 0 saturated carbocycles. The lowest BCUT2D eigenvalue weighted by atomic mass is 10.2. The molecule has 0 radical (unpaired) electrons. The van der Waals surface area contributed by atoms with Crippen molar-refractivity contribution >= 4 is 39.4 Å². The molecule has 142 valence electrons. The molecule has 3 rings (SSSR count). The summed E-state index contributed by atoms with van der Waals surface area (Å²) in [6, 6.07) is 11.4. The normalized spacial score (nSPS) is 13.0. The van der Waals surface area contributed by atoms with Gasteiger partial charge in [0.25, 0.3) is 5.91 Å². The van der Waals surface area contributed by atoms with E-state index < -0.39 is 22.5 Å². The highest BCUT2D eigenvalue weighted by Crippen LogP contribution is 2.31. The lowest BCUT2D eigenvalue weighted by molar-refractivity contribution is -0.119. The van der Waals surface area contributed by atoms with Crippen LogP contribution in [0.25, 0.3) is 0 Å². The van der Waals surface area contributed by atoms with E-state index in [1.54, 1.807) is 36.4 Å². The summed E-state index contributed by atoms with van der Waals surface area (Å²) in [5.74, 6) is 0.633. The smallest absolute Gasteiger partial charge is 0.260 e. The molecule has 0 aromatic heterocycles. The maximum Gasteiger partial charge on any atom is 0.260 e. The Kier molecular flexibility index (Phi) is 5.52. The van der Waals surface area contributed by atoms with Gasteiger partial charge >= 0.3 is 0 Å². The minimum absolute atomic E-state index is 0.164. The highest BCUT2D eigenvalue weighted by molar-refractivity contribution is 7.92. The highest BCUT2D eigenvalue weighted by atomic mass is 35.5. The van der Waals surface area contributed by atoms with Gasteiger partial charge in [0.15, 0.2) is 11.5 Å². The fraction of sp³-hybridized carbons (Fsp3) is 0.176. The predicted octanol–water partition coefficient (Wildman–Crippen LogP) is 1.98. The molecular formula is C17H16ClN3O5S. The van der Waals surface area contributed by atoms with Gasteiger partial charge < -0.3 is 9.47 Å². The van der Waals surface area contributed by atoms with Crippen LogP contribution in [-0.2, 0) is 14.8 Å². The van der Waals surface area contributed by atoms with E-state index in [4.69, 9.17) is 21.1 Å². The van der Waals surface area contributed by atoms with Crippen LogP contribution in [0.3, 0.4) is 0 Å². The number of sulfonamides is 1. The van der Waals surface area contributed by atoms with Gasteiger partial charge in [-0.3, -0.25) is 9.10 Å². The largest absolute Gasteiger partial charge is 0.454 e. The van der Waals surface area contributed by atoms with Crippen LogP contribution in [0.5, 0.6) is 11.5 Å². The molecule has 0 fully saturated rings. The van der Waals surface area contributed by atoms with Gasteiger partial charge in [-0.05, 0) is 42.0 Å². The number of carbonyl (C=O) groups is 1. The molecule has 8 nitrogen and oxygen atoms in total. The van der Waals surface area contributed by atoms with Crippen molar-refractivity contribution in [1.29, 1.82) is 0 Å². The molecule has 0 bridgehead atoms. The standard InChI is InChI=1S/C17H16ClN3O5S/c1-27(23,24)21(14-4-2-3-13(18)8-14)10-17(22)20-19-9-12-5-6-15-16(7-12)26-11-25-15/h2-9H,10-11H2,1H3,(H,20,22)/b19-9-. The van der Waals surface area contributed by atoms with E-state index in [-0.39, 0.29) is 6.79 Å². The van der Waals surface area contributed by atoms with Crippen molar-refractivity contribution in [2.45, 2.75) is 0 Å². The summed E-state index contributed by atoms with van der Waals surface area (Å²) >= 11 is 5.90. The lowest BCUT2D eigenvalue weighted by Gasteiger charge is -2.21.